The van der Waals surface area contributed by atoms with Gasteiger partial charge in [0.2, 0.25) is 0 Å². The van der Waals surface area contributed by atoms with Crippen LogP contribution in [-0.2, 0) is 6.54 Å². The van der Waals surface area contributed by atoms with Crippen LogP contribution in [0.3, 0.4) is 0 Å². The molecule has 0 aromatic carbocycles. The van der Waals surface area contributed by atoms with Gasteiger partial charge < -0.3 is 10.4 Å². The molecule has 0 spiro atoms. The monoisotopic (exact) mass is 225 g/mol. The summed E-state index contributed by atoms with van der Waals surface area (Å²) >= 11 is 0. The highest BCUT2D eigenvalue weighted by atomic mass is 16.3. The van der Waals surface area contributed by atoms with Crippen LogP contribution < -0.4 is 5.32 Å². The second-order valence-corrected chi connectivity index (χ2v) is 4.68. The molecule has 0 aliphatic carbocycles. The van der Waals surface area contributed by atoms with E-state index in [2.05, 4.69) is 38.1 Å². The molecule has 0 aliphatic heterocycles. The number of aliphatic hydroxyl groups excluding tert-OH is 1. The van der Waals surface area contributed by atoms with Crippen molar-refractivity contribution in [2.45, 2.75) is 47.2 Å². The van der Waals surface area contributed by atoms with Crippen LogP contribution in [0.2, 0.25) is 0 Å². The predicted molar refractivity (Wildman–Crippen MR) is 66.7 cm³/mol. The first-order valence-corrected chi connectivity index (χ1v) is 5.88. The van der Waals surface area contributed by atoms with Gasteiger partial charge in [0.05, 0.1) is 18.8 Å². The van der Waals surface area contributed by atoms with Crippen molar-refractivity contribution in [1.29, 1.82) is 0 Å². The van der Waals surface area contributed by atoms with E-state index in [-0.39, 0.29) is 6.61 Å². The molecule has 92 valence electrons. The lowest BCUT2D eigenvalue weighted by molar-refractivity contribution is 0.270. The van der Waals surface area contributed by atoms with Gasteiger partial charge in [0, 0.05) is 11.6 Å². The maximum absolute atomic E-state index is 9.00. The number of nitrogens with one attached hydrogen (secondary N) is 1. The van der Waals surface area contributed by atoms with Gasteiger partial charge >= 0.3 is 0 Å². The van der Waals surface area contributed by atoms with E-state index in [4.69, 9.17) is 5.11 Å². The zero-order chi connectivity index (χ0) is 12.3. The minimum atomic E-state index is 0.116. The van der Waals surface area contributed by atoms with Crippen LogP contribution in [-0.4, -0.2) is 27.5 Å². The Kier molecular flexibility index (Phi) is 4.35. The molecule has 4 heteroatoms. The fourth-order valence-electron chi connectivity index (χ4n) is 1.49. The van der Waals surface area contributed by atoms with E-state index < -0.39 is 0 Å². The summed E-state index contributed by atoms with van der Waals surface area (Å²) in [5.74, 6) is 1.60. The van der Waals surface area contributed by atoms with Crippen molar-refractivity contribution in [2.75, 3.05) is 11.9 Å². The van der Waals surface area contributed by atoms with Gasteiger partial charge in [-0.1, -0.05) is 13.8 Å². The standard InChI is InChI=1S/C12H23N3O/c1-8(2)10(4)13-12-9(3)11(5)14-15(12)6-7-16/h8,10,13,16H,6-7H2,1-5H3. The van der Waals surface area contributed by atoms with Crippen molar-refractivity contribution >= 4 is 5.82 Å². The van der Waals surface area contributed by atoms with Gasteiger partial charge in [0.1, 0.15) is 5.82 Å². The van der Waals surface area contributed by atoms with Crippen LogP contribution in [0.15, 0.2) is 0 Å². The highest BCUT2D eigenvalue weighted by Crippen LogP contribution is 2.20. The molecule has 1 rings (SSSR count). The second-order valence-electron chi connectivity index (χ2n) is 4.68. The van der Waals surface area contributed by atoms with E-state index in [1.54, 1.807) is 0 Å². The van der Waals surface area contributed by atoms with E-state index in [0.29, 0.717) is 18.5 Å². The van der Waals surface area contributed by atoms with E-state index in [0.717, 1.165) is 11.5 Å². The molecule has 0 fully saturated rings. The Hall–Kier alpha value is -1.03. The number of anilines is 1. The first-order chi connectivity index (χ1) is 7.47. The molecule has 16 heavy (non-hydrogen) atoms. The molecule has 0 radical (unpaired) electrons. The van der Waals surface area contributed by atoms with E-state index >= 15 is 0 Å². The highest BCUT2D eigenvalue weighted by Gasteiger charge is 2.14. The number of hydrogen-bond donors (Lipinski definition) is 2. The Morgan fingerprint density at radius 3 is 2.44 bits per heavy atom. The zero-order valence-corrected chi connectivity index (χ0v) is 10.9. The van der Waals surface area contributed by atoms with Gasteiger partial charge in [0.25, 0.3) is 0 Å². The van der Waals surface area contributed by atoms with Gasteiger partial charge in [-0.15, -0.1) is 0 Å². The summed E-state index contributed by atoms with van der Waals surface area (Å²) < 4.78 is 1.85. The summed E-state index contributed by atoms with van der Waals surface area (Å²) in [6.07, 6.45) is 0. The zero-order valence-electron chi connectivity index (χ0n) is 10.9. The maximum Gasteiger partial charge on any atom is 0.127 e. The third-order valence-corrected chi connectivity index (χ3v) is 3.10. The SMILES string of the molecule is Cc1nn(CCO)c(NC(C)C(C)C)c1C. The first-order valence-electron chi connectivity index (χ1n) is 5.88. The predicted octanol–water partition coefficient (Wildman–Crippen LogP) is 1.95. The summed E-state index contributed by atoms with van der Waals surface area (Å²) in [4.78, 5) is 0. The molecule has 4 nitrogen and oxygen atoms in total. The topological polar surface area (TPSA) is 50.1 Å². The van der Waals surface area contributed by atoms with Crippen LogP contribution in [0, 0.1) is 19.8 Å². The number of aryl methyl sites for hydroxylation is 1. The fourth-order valence-corrected chi connectivity index (χ4v) is 1.49. The molecule has 1 aromatic rings. The Labute approximate surface area is 97.7 Å². The lowest BCUT2D eigenvalue weighted by Gasteiger charge is -2.20. The third-order valence-electron chi connectivity index (χ3n) is 3.10. The number of rotatable bonds is 5. The summed E-state index contributed by atoms with van der Waals surface area (Å²) in [5.41, 5.74) is 2.19. The van der Waals surface area contributed by atoms with Crippen LogP contribution in [0.25, 0.3) is 0 Å². The minimum absolute atomic E-state index is 0.116. The first kappa shape index (κ1) is 13.0. The largest absolute Gasteiger partial charge is 0.394 e. The Morgan fingerprint density at radius 1 is 1.31 bits per heavy atom. The molecule has 1 aromatic heterocycles. The van der Waals surface area contributed by atoms with Crippen LogP contribution in [0.1, 0.15) is 32.0 Å². The van der Waals surface area contributed by atoms with E-state index in [1.165, 1.54) is 5.56 Å². The highest BCUT2D eigenvalue weighted by molar-refractivity contribution is 5.47. The lowest BCUT2D eigenvalue weighted by Crippen LogP contribution is -2.24. The van der Waals surface area contributed by atoms with Crippen LogP contribution in [0.5, 0.6) is 0 Å². The van der Waals surface area contributed by atoms with Crippen molar-refractivity contribution in [2.24, 2.45) is 5.92 Å². The van der Waals surface area contributed by atoms with E-state index in [1.807, 2.05) is 11.6 Å². The van der Waals surface area contributed by atoms with Crippen molar-refractivity contribution in [3.05, 3.63) is 11.3 Å². The summed E-state index contributed by atoms with van der Waals surface area (Å²) in [5, 5.41) is 16.9. The Morgan fingerprint density at radius 2 is 1.94 bits per heavy atom. The smallest absolute Gasteiger partial charge is 0.127 e. The molecule has 1 unspecified atom stereocenters. The third kappa shape index (κ3) is 2.76. The van der Waals surface area contributed by atoms with Crippen molar-refractivity contribution < 1.29 is 5.11 Å². The summed E-state index contributed by atoms with van der Waals surface area (Å²) in [7, 11) is 0. The maximum atomic E-state index is 9.00. The molecule has 0 aliphatic rings. The molecule has 1 heterocycles. The van der Waals surface area contributed by atoms with Crippen molar-refractivity contribution in [3.8, 4) is 0 Å². The van der Waals surface area contributed by atoms with Crippen LogP contribution >= 0.6 is 0 Å². The van der Waals surface area contributed by atoms with E-state index in [9.17, 15) is 0 Å². The van der Waals surface area contributed by atoms with Crippen molar-refractivity contribution in [1.82, 2.24) is 9.78 Å². The number of nitrogens with zero attached hydrogens (tertiary/aromatic N) is 2. The van der Waals surface area contributed by atoms with Gasteiger partial charge in [-0.3, -0.25) is 0 Å². The molecule has 1 atom stereocenters. The molecule has 0 bridgehead atoms. The molecular formula is C12H23N3O. The Balaban J connectivity index is 2.92. The van der Waals surface area contributed by atoms with Gasteiger partial charge in [-0.05, 0) is 26.7 Å². The van der Waals surface area contributed by atoms with Gasteiger partial charge in [-0.2, -0.15) is 5.10 Å². The lowest BCUT2D eigenvalue weighted by atomic mass is 10.1. The average molecular weight is 225 g/mol. The number of aliphatic hydroxyl groups is 1. The molecule has 0 amide bonds. The Bertz CT molecular complexity index is 344. The minimum Gasteiger partial charge on any atom is -0.394 e. The number of hydrogen-bond acceptors (Lipinski definition) is 3. The molecule has 2 N–H and O–H groups in total. The number of aromatic nitrogens is 2. The summed E-state index contributed by atoms with van der Waals surface area (Å²) in [6, 6.07) is 0.396. The summed E-state index contributed by atoms with van der Waals surface area (Å²) in [6.45, 7) is 11.3. The molecule has 0 saturated heterocycles. The molecule has 0 saturated carbocycles. The van der Waals surface area contributed by atoms with Gasteiger partial charge in [-0.25, -0.2) is 4.68 Å². The normalized spacial score (nSPS) is 13.2. The quantitative estimate of drug-likeness (QED) is 0.805. The average Bonchev–Trinajstić information content (AvgIpc) is 2.46. The van der Waals surface area contributed by atoms with Gasteiger partial charge in [0.15, 0.2) is 0 Å². The van der Waals surface area contributed by atoms with Crippen molar-refractivity contribution in [3.63, 3.8) is 0 Å². The van der Waals surface area contributed by atoms with Crippen LogP contribution in [0.4, 0.5) is 5.82 Å². The second kappa shape index (κ2) is 5.34. The fraction of sp³-hybridized carbons (Fsp3) is 0.750. The molecular weight excluding hydrogens is 202 g/mol.